The van der Waals surface area contributed by atoms with Crippen LogP contribution in [0.25, 0.3) is 0 Å². The molecule has 0 aromatic heterocycles. The van der Waals surface area contributed by atoms with E-state index < -0.39 is 20.2 Å². The summed E-state index contributed by atoms with van der Waals surface area (Å²) < 4.78 is 31.1. The number of halogens is 1. The second-order valence-corrected chi connectivity index (χ2v) is 6.66. The first-order valence-electron chi connectivity index (χ1n) is 5.86. The van der Waals surface area contributed by atoms with Crippen molar-refractivity contribution in [3.8, 4) is 6.07 Å². The van der Waals surface area contributed by atoms with Crippen molar-refractivity contribution in [2.75, 3.05) is 0 Å². The Kier molecular flexibility index (Phi) is 4.00. The molecule has 1 aromatic carbocycles. The summed E-state index contributed by atoms with van der Waals surface area (Å²) in [5.74, 6) is 0. The van der Waals surface area contributed by atoms with Crippen molar-refractivity contribution in [3.63, 3.8) is 0 Å². The minimum Gasteiger partial charge on any atom is -0.285 e. The largest absolute Gasteiger partial charge is 0.285 e. The summed E-state index contributed by atoms with van der Waals surface area (Å²) in [7, 11) is -4.16. The Morgan fingerprint density at radius 3 is 2.45 bits per heavy atom. The lowest BCUT2D eigenvalue weighted by Gasteiger charge is -2.26. The molecule has 0 bridgehead atoms. The van der Waals surface area contributed by atoms with Gasteiger partial charge in [-0.05, 0) is 11.1 Å². The van der Waals surface area contributed by atoms with Crippen LogP contribution in [0.1, 0.15) is 11.1 Å². The first-order valence-corrected chi connectivity index (χ1v) is 7.74. The van der Waals surface area contributed by atoms with Crippen LogP contribution in [0.15, 0.2) is 48.6 Å². The van der Waals surface area contributed by atoms with Gasteiger partial charge in [0, 0.05) is 0 Å². The van der Waals surface area contributed by atoms with Gasteiger partial charge in [-0.25, -0.2) is 0 Å². The highest BCUT2D eigenvalue weighted by Crippen LogP contribution is 2.37. The minimum absolute atomic E-state index is 0.216. The van der Waals surface area contributed by atoms with Crippen molar-refractivity contribution in [3.05, 3.63) is 59.7 Å². The van der Waals surface area contributed by atoms with Crippen LogP contribution in [-0.4, -0.2) is 18.2 Å². The number of nitrogens with zero attached hydrogens (tertiary/aromatic N) is 1. The topological polar surface area (TPSA) is 78.2 Å². The summed E-state index contributed by atoms with van der Waals surface area (Å²) in [6, 6.07) is 9.29. The summed E-state index contributed by atoms with van der Waals surface area (Å²) in [5, 5.41) is 7.75. The first kappa shape index (κ1) is 14.8. The molecule has 0 heterocycles. The van der Waals surface area contributed by atoms with Crippen molar-refractivity contribution in [2.24, 2.45) is 0 Å². The van der Waals surface area contributed by atoms with Crippen LogP contribution in [-0.2, 0) is 21.4 Å². The van der Waals surface area contributed by atoms with Crippen LogP contribution < -0.4 is 0 Å². The molecule has 1 aliphatic rings. The molecule has 0 atom stereocenters. The van der Waals surface area contributed by atoms with Crippen LogP contribution in [0.4, 0.5) is 0 Å². The molecule has 1 aromatic rings. The SMILES string of the molecule is N#CCc1ccccc1C1(Cl)C=CC(S(=O)(=O)O)C=C1. The molecule has 4 nitrogen and oxygen atoms in total. The molecule has 0 fully saturated rings. The van der Waals surface area contributed by atoms with Gasteiger partial charge in [0.25, 0.3) is 10.1 Å². The quantitative estimate of drug-likeness (QED) is 0.529. The molecule has 0 spiro atoms. The normalized spacial score (nSPS) is 25.4. The lowest BCUT2D eigenvalue weighted by atomic mass is 9.89. The van der Waals surface area contributed by atoms with Gasteiger partial charge in [-0.15, -0.1) is 11.6 Å². The van der Waals surface area contributed by atoms with E-state index in [4.69, 9.17) is 21.4 Å². The lowest BCUT2D eigenvalue weighted by molar-refractivity contribution is 0.480. The highest BCUT2D eigenvalue weighted by Gasteiger charge is 2.31. The molecule has 104 valence electrons. The predicted molar refractivity (Wildman–Crippen MR) is 76.9 cm³/mol. The molecule has 0 saturated carbocycles. The fourth-order valence-electron chi connectivity index (χ4n) is 2.10. The molecule has 2 rings (SSSR count). The van der Waals surface area contributed by atoms with E-state index in [1.807, 2.05) is 6.07 Å². The van der Waals surface area contributed by atoms with E-state index in [0.29, 0.717) is 0 Å². The fraction of sp³-hybridized carbons (Fsp3) is 0.214. The van der Waals surface area contributed by atoms with Gasteiger partial charge >= 0.3 is 0 Å². The van der Waals surface area contributed by atoms with Crippen molar-refractivity contribution in [2.45, 2.75) is 16.5 Å². The first-order chi connectivity index (χ1) is 9.37. The lowest BCUT2D eigenvalue weighted by Crippen LogP contribution is -2.24. The molecule has 0 radical (unpaired) electrons. The minimum atomic E-state index is -4.16. The highest BCUT2D eigenvalue weighted by molar-refractivity contribution is 7.86. The smallest absolute Gasteiger partial charge is 0.275 e. The zero-order valence-electron chi connectivity index (χ0n) is 10.4. The zero-order valence-corrected chi connectivity index (χ0v) is 12.0. The summed E-state index contributed by atoms with van der Waals surface area (Å²) >= 11 is 6.50. The van der Waals surface area contributed by atoms with Crippen molar-refractivity contribution >= 4 is 21.7 Å². The van der Waals surface area contributed by atoms with Gasteiger partial charge in [0.2, 0.25) is 0 Å². The third-order valence-corrected chi connectivity index (χ3v) is 4.56. The third-order valence-electron chi connectivity index (χ3n) is 3.10. The van der Waals surface area contributed by atoms with Crippen molar-refractivity contribution in [1.29, 1.82) is 5.26 Å². The Labute approximate surface area is 122 Å². The molecular weight excluding hydrogens is 298 g/mol. The Bertz CT molecular complexity index is 702. The number of alkyl halides is 1. The Balaban J connectivity index is 2.41. The molecular formula is C14H12ClNO3S. The average molecular weight is 310 g/mol. The molecule has 20 heavy (non-hydrogen) atoms. The maximum absolute atomic E-state index is 11.1. The molecule has 0 unspecified atom stereocenters. The van der Waals surface area contributed by atoms with E-state index in [2.05, 4.69) is 6.07 Å². The van der Waals surface area contributed by atoms with E-state index in [0.717, 1.165) is 11.1 Å². The van der Waals surface area contributed by atoms with E-state index in [1.54, 1.807) is 18.2 Å². The van der Waals surface area contributed by atoms with Gasteiger partial charge in [0.15, 0.2) is 0 Å². The van der Waals surface area contributed by atoms with E-state index in [1.165, 1.54) is 24.3 Å². The maximum Gasteiger partial charge on any atom is 0.275 e. The van der Waals surface area contributed by atoms with E-state index in [-0.39, 0.29) is 6.42 Å². The maximum atomic E-state index is 11.1. The predicted octanol–water partition coefficient (Wildman–Crippen LogP) is 2.57. The molecule has 0 amide bonds. The second-order valence-electron chi connectivity index (χ2n) is 4.46. The summed E-state index contributed by atoms with van der Waals surface area (Å²) in [6.07, 6.45) is 5.93. The summed E-state index contributed by atoms with van der Waals surface area (Å²) in [4.78, 5) is -1.01. The number of benzene rings is 1. The van der Waals surface area contributed by atoms with Crippen molar-refractivity contribution in [1.82, 2.24) is 0 Å². The van der Waals surface area contributed by atoms with E-state index in [9.17, 15) is 8.42 Å². The molecule has 1 N–H and O–H groups in total. The van der Waals surface area contributed by atoms with Crippen LogP contribution in [0.5, 0.6) is 0 Å². The van der Waals surface area contributed by atoms with Crippen LogP contribution >= 0.6 is 11.6 Å². The zero-order chi connectivity index (χ0) is 14.8. The number of hydrogen-bond acceptors (Lipinski definition) is 3. The van der Waals surface area contributed by atoms with Gasteiger partial charge in [0.05, 0.1) is 12.5 Å². The van der Waals surface area contributed by atoms with Gasteiger partial charge < -0.3 is 0 Å². The molecule has 0 aliphatic heterocycles. The molecule has 1 aliphatic carbocycles. The number of hydrogen-bond donors (Lipinski definition) is 1. The number of allylic oxidation sites excluding steroid dienone is 2. The second kappa shape index (κ2) is 5.41. The van der Waals surface area contributed by atoms with E-state index >= 15 is 0 Å². The number of nitriles is 1. The fourth-order valence-corrected chi connectivity index (χ4v) is 2.99. The van der Waals surface area contributed by atoms with Gasteiger partial charge in [-0.1, -0.05) is 48.6 Å². The summed E-state index contributed by atoms with van der Waals surface area (Å²) in [6.45, 7) is 0. The standard InChI is InChI=1S/C14H12ClNO3S/c15-14(8-5-12(6-9-14)20(17,18)19)13-4-2-1-3-11(13)7-10-16/h1-6,8-9,12H,7H2,(H,17,18,19). The van der Waals surface area contributed by atoms with Gasteiger partial charge in [-0.2, -0.15) is 13.7 Å². The van der Waals surface area contributed by atoms with Gasteiger partial charge in [0.1, 0.15) is 10.1 Å². The Hall–Kier alpha value is -1.61. The van der Waals surface area contributed by atoms with Gasteiger partial charge in [-0.3, -0.25) is 4.55 Å². The third kappa shape index (κ3) is 2.93. The summed E-state index contributed by atoms with van der Waals surface area (Å²) in [5.41, 5.74) is 1.51. The average Bonchev–Trinajstić information content (AvgIpc) is 2.39. The van der Waals surface area contributed by atoms with Crippen molar-refractivity contribution < 1.29 is 13.0 Å². The Morgan fingerprint density at radius 2 is 1.90 bits per heavy atom. The number of rotatable bonds is 3. The highest BCUT2D eigenvalue weighted by atomic mass is 35.5. The van der Waals surface area contributed by atoms with Crippen LogP contribution in [0.3, 0.4) is 0 Å². The molecule has 0 saturated heterocycles. The van der Waals surface area contributed by atoms with Crippen LogP contribution in [0.2, 0.25) is 0 Å². The monoisotopic (exact) mass is 309 g/mol. The Morgan fingerprint density at radius 1 is 1.30 bits per heavy atom. The molecule has 6 heteroatoms. The van der Waals surface area contributed by atoms with Crippen LogP contribution in [0, 0.1) is 11.3 Å².